The minimum Gasteiger partial charge on any atom is -0.467 e. The minimum absolute atomic E-state index is 0.400. The molecule has 0 saturated carbocycles. The molecule has 2 aromatic carbocycles. The number of rotatable bonds is 5. The number of hydrogen-bond acceptors (Lipinski definition) is 4. The Labute approximate surface area is 128 Å². The zero-order chi connectivity index (χ0) is 15.9. The van der Waals surface area contributed by atoms with Crippen molar-refractivity contribution in [2.24, 2.45) is 0 Å². The molecule has 0 unspecified atom stereocenters. The number of ether oxygens (including phenoxy) is 1. The molecule has 0 fully saturated rings. The molecule has 0 bridgehead atoms. The highest BCUT2D eigenvalue weighted by Gasteiger charge is 2.30. The Morgan fingerprint density at radius 1 is 1.00 bits per heavy atom. The van der Waals surface area contributed by atoms with Gasteiger partial charge in [0.2, 0.25) is 0 Å². The van der Waals surface area contributed by atoms with Crippen molar-refractivity contribution < 1.29 is 19.4 Å². The number of methoxy groups -OCH3 is 1. The van der Waals surface area contributed by atoms with Crippen LogP contribution in [-0.2, 0) is 9.53 Å². The second-order valence-corrected chi connectivity index (χ2v) is 4.70. The summed E-state index contributed by atoms with van der Waals surface area (Å²) in [6.07, 6.45) is -1.19. The van der Waals surface area contributed by atoms with Crippen molar-refractivity contribution in [1.29, 1.82) is 0 Å². The molecular weight excluding hydrogens is 282 g/mol. The molecule has 0 heterocycles. The third kappa shape index (κ3) is 3.71. The number of hydrogen-bond donors (Lipinski definition) is 2. The van der Waals surface area contributed by atoms with Gasteiger partial charge in [-0.05, 0) is 17.7 Å². The molecule has 0 aromatic heterocycles. The van der Waals surface area contributed by atoms with E-state index in [4.69, 9.17) is 0 Å². The highest BCUT2D eigenvalue weighted by molar-refractivity contribution is 5.96. The Bertz CT molecular complexity index is 628. The summed E-state index contributed by atoms with van der Waals surface area (Å²) >= 11 is 0. The monoisotopic (exact) mass is 299 g/mol. The minimum atomic E-state index is -1.19. The second kappa shape index (κ2) is 7.38. The van der Waals surface area contributed by atoms with Gasteiger partial charge in [0.1, 0.15) is 6.10 Å². The van der Waals surface area contributed by atoms with Gasteiger partial charge in [0.05, 0.1) is 7.11 Å². The second-order valence-electron chi connectivity index (χ2n) is 4.70. The average molecular weight is 299 g/mol. The van der Waals surface area contributed by atoms with Crippen LogP contribution in [0.1, 0.15) is 22.0 Å². The average Bonchev–Trinajstić information content (AvgIpc) is 2.59. The number of carbonyl (C=O) groups excluding carboxylic acids is 2. The molecule has 2 rings (SSSR count). The molecule has 5 heteroatoms. The Morgan fingerprint density at radius 2 is 1.55 bits per heavy atom. The van der Waals surface area contributed by atoms with Crippen molar-refractivity contribution in [3.63, 3.8) is 0 Å². The van der Waals surface area contributed by atoms with E-state index in [1.807, 2.05) is 0 Å². The molecule has 0 aliphatic rings. The number of amides is 1. The third-order valence-electron chi connectivity index (χ3n) is 3.23. The standard InChI is InChI=1S/C17H17NO4/c1-22-17(21)14(15(19)12-8-4-2-5-9-12)18-16(20)13-10-6-3-7-11-13/h2-11,14-15,19H,1H3,(H,18,20)/t14-,15+/m1/s1. The van der Waals surface area contributed by atoms with Gasteiger partial charge in [0, 0.05) is 5.56 Å². The quantitative estimate of drug-likeness (QED) is 0.824. The summed E-state index contributed by atoms with van der Waals surface area (Å²) in [4.78, 5) is 24.1. The molecule has 0 spiro atoms. The first-order chi connectivity index (χ1) is 10.6. The first-order valence-corrected chi connectivity index (χ1v) is 6.80. The van der Waals surface area contributed by atoms with Crippen molar-refractivity contribution in [3.8, 4) is 0 Å². The topological polar surface area (TPSA) is 75.6 Å². The highest BCUT2D eigenvalue weighted by Crippen LogP contribution is 2.18. The van der Waals surface area contributed by atoms with Gasteiger partial charge in [0.15, 0.2) is 6.04 Å². The van der Waals surface area contributed by atoms with Gasteiger partial charge in [-0.25, -0.2) is 4.79 Å². The fraction of sp³-hybridized carbons (Fsp3) is 0.176. The smallest absolute Gasteiger partial charge is 0.331 e. The van der Waals surface area contributed by atoms with E-state index in [-0.39, 0.29) is 0 Å². The fourth-order valence-electron chi connectivity index (χ4n) is 2.05. The Balaban J connectivity index is 2.20. The lowest BCUT2D eigenvalue weighted by Gasteiger charge is -2.22. The predicted octanol–water partition coefficient (Wildman–Crippen LogP) is 1.69. The lowest BCUT2D eigenvalue weighted by Crippen LogP contribution is -2.45. The predicted molar refractivity (Wildman–Crippen MR) is 81.1 cm³/mol. The van der Waals surface area contributed by atoms with Gasteiger partial charge in [0.25, 0.3) is 5.91 Å². The number of esters is 1. The third-order valence-corrected chi connectivity index (χ3v) is 3.23. The Morgan fingerprint density at radius 3 is 2.09 bits per heavy atom. The summed E-state index contributed by atoms with van der Waals surface area (Å²) in [5, 5.41) is 12.9. The normalized spacial score (nSPS) is 13.0. The zero-order valence-corrected chi connectivity index (χ0v) is 12.1. The molecule has 0 radical (unpaired) electrons. The van der Waals surface area contributed by atoms with Gasteiger partial charge in [-0.3, -0.25) is 4.79 Å². The fourth-order valence-corrected chi connectivity index (χ4v) is 2.05. The number of benzene rings is 2. The van der Waals surface area contributed by atoms with Crippen molar-refractivity contribution in [2.45, 2.75) is 12.1 Å². The lowest BCUT2D eigenvalue weighted by molar-refractivity contribution is -0.146. The van der Waals surface area contributed by atoms with Crippen molar-refractivity contribution in [2.75, 3.05) is 7.11 Å². The van der Waals surface area contributed by atoms with E-state index in [2.05, 4.69) is 10.1 Å². The van der Waals surface area contributed by atoms with E-state index < -0.39 is 24.0 Å². The molecule has 0 aliphatic carbocycles. The first kappa shape index (κ1) is 15.7. The molecular formula is C17H17NO4. The van der Waals surface area contributed by atoms with Crippen LogP contribution < -0.4 is 5.32 Å². The molecule has 1 amide bonds. The van der Waals surface area contributed by atoms with E-state index >= 15 is 0 Å². The highest BCUT2D eigenvalue weighted by atomic mass is 16.5. The largest absolute Gasteiger partial charge is 0.467 e. The van der Waals surface area contributed by atoms with Crippen LogP contribution in [0.3, 0.4) is 0 Å². The van der Waals surface area contributed by atoms with Gasteiger partial charge < -0.3 is 15.2 Å². The van der Waals surface area contributed by atoms with Crippen LogP contribution in [0.15, 0.2) is 60.7 Å². The van der Waals surface area contributed by atoms with Crippen LogP contribution in [0.25, 0.3) is 0 Å². The van der Waals surface area contributed by atoms with Crippen LogP contribution >= 0.6 is 0 Å². The van der Waals surface area contributed by atoms with Gasteiger partial charge in [-0.1, -0.05) is 48.5 Å². The number of aliphatic hydroxyl groups excluding tert-OH is 1. The summed E-state index contributed by atoms with van der Waals surface area (Å²) in [6, 6.07) is 15.9. The number of nitrogens with one attached hydrogen (secondary N) is 1. The molecule has 0 aliphatic heterocycles. The molecule has 5 nitrogen and oxygen atoms in total. The van der Waals surface area contributed by atoms with Crippen LogP contribution in [0.5, 0.6) is 0 Å². The maximum atomic E-state index is 12.2. The molecule has 114 valence electrons. The summed E-state index contributed by atoms with van der Waals surface area (Å²) in [7, 11) is 1.21. The molecule has 2 atom stereocenters. The molecule has 22 heavy (non-hydrogen) atoms. The van der Waals surface area contributed by atoms with Crippen molar-refractivity contribution in [1.82, 2.24) is 5.32 Å². The van der Waals surface area contributed by atoms with Gasteiger partial charge in [-0.2, -0.15) is 0 Å². The lowest BCUT2D eigenvalue weighted by atomic mass is 10.0. The van der Waals surface area contributed by atoms with Crippen molar-refractivity contribution in [3.05, 3.63) is 71.8 Å². The Kier molecular flexibility index (Phi) is 5.27. The van der Waals surface area contributed by atoms with Crippen molar-refractivity contribution >= 4 is 11.9 Å². The van der Waals surface area contributed by atoms with E-state index in [1.54, 1.807) is 60.7 Å². The molecule has 2 aromatic rings. The van der Waals surface area contributed by atoms with E-state index in [9.17, 15) is 14.7 Å². The number of carbonyl (C=O) groups is 2. The summed E-state index contributed by atoms with van der Waals surface area (Å²) in [5.74, 6) is -1.16. The Hall–Kier alpha value is -2.66. The first-order valence-electron chi connectivity index (χ1n) is 6.80. The maximum Gasteiger partial charge on any atom is 0.331 e. The van der Waals surface area contributed by atoms with Gasteiger partial charge in [-0.15, -0.1) is 0 Å². The summed E-state index contributed by atoms with van der Waals surface area (Å²) in [6.45, 7) is 0. The summed E-state index contributed by atoms with van der Waals surface area (Å²) in [5.41, 5.74) is 0.919. The van der Waals surface area contributed by atoms with E-state index in [0.29, 0.717) is 11.1 Å². The maximum absolute atomic E-state index is 12.2. The molecule has 0 saturated heterocycles. The van der Waals surface area contributed by atoms with Gasteiger partial charge >= 0.3 is 5.97 Å². The molecule has 2 N–H and O–H groups in total. The van der Waals surface area contributed by atoms with Crippen LogP contribution in [0.2, 0.25) is 0 Å². The van der Waals surface area contributed by atoms with E-state index in [1.165, 1.54) is 7.11 Å². The SMILES string of the molecule is COC(=O)[C@H](NC(=O)c1ccccc1)[C@@H](O)c1ccccc1. The van der Waals surface area contributed by atoms with E-state index in [0.717, 1.165) is 0 Å². The number of aliphatic hydroxyl groups is 1. The zero-order valence-electron chi connectivity index (χ0n) is 12.1. The summed E-state index contributed by atoms with van der Waals surface area (Å²) < 4.78 is 4.68. The van der Waals surface area contributed by atoms with Crippen LogP contribution in [-0.4, -0.2) is 30.1 Å². The van der Waals surface area contributed by atoms with Crippen LogP contribution in [0, 0.1) is 0 Å². The van der Waals surface area contributed by atoms with Crippen LogP contribution in [0.4, 0.5) is 0 Å².